The van der Waals surface area contributed by atoms with E-state index in [0.29, 0.717) is 51.9 Å². The summed E-state index contributed by atoms with van der Waals surface area (Å²) >= 11 is 0. The molecule has 2 N–H and O–H groups in total. The molecule has 1 aliphatic heterocycles. The first-order valence-electron chi connectivity index (χ1n) is 10.9. The van der Waals surface area contributed by atoms with E-state index in [1.54, 1.807) is 18.3 Å². The predicted octanol–water partition coefficient (Wildman–Crippen LogP) is 3.27. The molecule has 0 spiro atoms. The van der Waals surface area contributed by atoms with Crippen molar-refractivity contribution in [2.24, 2.45) is 4.99 Å². The van der Waals surface area contributed by atoms with Crippen LogP contribution in [0.3, 0.4) is 0 Å². The van der Waals surface area contributed by atoms with Crippen LogP contribution < -0.4 is 10.6 Å². The lowest BCUT2D eigenvalue weighted by atomic mass is 10.0. The molecule has 32 heavy (non-hydrogen) atoms. The highest BCUT2D eigenvalue weighted by Gasteiger charge is 2.31. The van der Waals surface area contributed by atoms with Crippen molar-refractivity contribution in [3.8, 4) is 0 Å². The van der Waals surface area contributed by atoms with E-state index in [1.165, 1.54) is 0 Å². The van der Waals surface area contributed by atoms with E-state index in [0.717, 1.165) is 29.8 Å². The summed E-state index contributed by atoms with van der Waals surface area (Å²) < 4.78 is 44.4. The van der Waals surface area contributed by atoms with Crippen LogP contribution >= 0.6 is 0 Å². The number of morpholine rings is 1. The number of rotatable bonds is 8. The predicted molar refractivity (Wildman–Crippen MR) is 118 cm³/mol. The van der Waals surface area contributed by atoms with Crippen LogP contribution in [0, 0.1) is 0 Å². The number of ether oxygens (including phenoxy) is 1. The molecule has 2 aromatic rings. The number of alkyl halides is 3. The van der Waals surface area contributed by atoms with Crippen LogP contribution in [0.25, 0.3) is 0 Å². The minimum Gasteiger partial charge on any atom is -0.379 e. The lowest BCUT2D eigenvalue weighted by molar-refractivity contribution is -0.137. The summed E-state index contributed by atoms with van der Waals surface area (Å²) in [5.74, 6) is 0.675. The van der Waals surface area contributed by atoms with Gasteiger partial charge in [0, 0.05) is 44.5 Å². The third-order valence-electron chi connectivity index (χ3n) is 5.28. The maximum Gasteiger partial charge on any atom is 0.416 e. The maximum absolute atomic E-state index is 13.0. The second kappa shape index (κ2) is 11.8. The van der Waals surface area contributed by atoms with Crippen molar-refractivity contribution in [3.63, 3.8) is 0 Å². The molecule has 1 saturated heterocycles. The highest BCUT2D eigenvalue weighted by Crippen LogP contribution is 2.31. The zero-order valence-electron chi connectivity index (χ0n) is 18.2. The number of guanidine groups is 1. The molecule has 3 rings (SSSR count). The van der Waals surface area contributed by atoms with Crippen molar-refractivity contribution < 1.29 is 17.9 Å². The van der Waals surface area contributed by atoms with Gasteiger partial charge in [-0.15, -0.1) is 0 Å². The first-order valence-corrected chi connectivity index (χ1v) is 10.9. The molecule has 0 saturated carbocycles. The largest absolute Gasteiger partial charge is 0.416 e. The van der Waals surface area contributed by atoms with Crippen LogP contribution in [0.2, 0.25) is 0 Å². The zero-order valence-corrected chi connectivity index (χ0v) is 18.2. The maximum atomic E-state index is 13.0. The van der Waals surface area contributed by atoms with Crippen LogP contribution in [0.5, 0.6) is 0 Å². The molecule has 1 aromatic heterocycles. The van der Waals surface area contributed by atoms with Crippen molar-refractivity contribution in [3.05, 3.63) is 65.5 Å². The van der Waals surface area contributed by atoms with Crippen LogP contribution in [0.4, 0.5) is 13.2 Å². The molecular formula is C23H30F3N5O. The van der Waals surface area contributed by atoms with Gasteiger partial charge in [0.25, 0.3) is 0 Å². The summed E-state index contributed by atoms with van der Waals surface area (Å²) in [7, 11) is 0. The monoisotopic (exact) mass is 449 g/mol. The Balaban J connectivity index is 1.70. The van der Waals surface area contributed by atoms with Gasteiger partial charge in [-0.1, -0.05) is 18.2 Å². The van der Waals surface area contributed by atoms with Crippen molar-refractivity contribution >= 4 is 5.96 Å². The first kappa shape index (κ1) is 24.0. The van der Waals surface area contributed by atoms with Crippen LogP contribution in [-0.2, 0) is 17.3 Å². The second-order valence-corrected chi connectivity index (χ2v) is 7.50. The Kier molecular flexibility index (Phi) is 8.87. The fraction of sp³-hybridized carbons (Fsp3) is 0.478. The normalized spacial score (nSPS) is 16.6. The Morgan fingerprint density at radius 2 is 1.88 bits per heavy atom. The topological polar surface area (TPSA) is 61.8 Å². The van der Waals surface area contributed by atoms with Crippen LogP contribution in [0.15, 0.2) is 53.7 Å². The second-order valence-electron chi connectivity index (χ2n) is 7.50. The zero-order chi connectivity index (χ0) is 22.8. The van der Waals surface area contributed by atoms with Gasteiger partial charge in [-0.05, 0) is 36.8 Å². The van der Waals surface area contributed by atoms with Gasteiger partial charge in [0.05, 0.1) is 31.4 Å². The molecule has 9 heteroatoms. The van der Waals surface area contributed by atoms with Crippen LogP contribution in [0.1, 0.15) is 29.8 Å². The number of nitrogens with one attached hydrogen (secondary N) is 2. The van der Waals surface area contributed by atoms with Crippen molar-refractivity contribution in [1.29, 1.82) is 0 Å². The van der Waals surface area contributed by atoms with Crippen LogP contribution in [-0.4, -0.2) is 61.8 Å². The van der Waals surface area contributed by atoms with E-state index in [2.05, 4.69) is 20.5 Å². The molecule has 1 atom stereocenters. The van der Waals surface area contributed by atoms with E-state index in [4.69, 9.17) is 9.73 Å². The molecule has 1 aliphatic rings. The van der Waals surface area contributed by atoms with E-state index in [9.17, 15) is 13.2 Å². The molecule has 0 aliphatic carbocycles. The third kappa shape index (κ3) is 7.20. The van der Waals surface area contributed by atoms with Gasteiger partial charge in [0.15, 0.2) is 5.96 Å². The van der Waals surface area contributed by atoms with E-state index < -0.39 is 11.7 Å². The summed E-state index contributed by atoms with van der Waals surface area (Å²) in [5, 5.41) is 6.55. The molecule has 1 aromatic carbocycles. The van der Waals surface area contributed by atoms with Gasteiger partial charge in [0.2, 0.25) is 0 Å². The average Bonchev–Trinajstić information content (AvgIpc) is 2.80. The number of aromatic nitrogens is 1. The highest BCUT2D eigenvalue weighted by atomic mass is 19.4. The summed E-state index contributed by atoms with van der Waals surface area (Å²) in [5.41, 5.74) is 1.16. The Labute approximate surface area is 186 Å². The minimum absolute atomic E-state index is 0.132. The summed E-state index contributed by atoms with van der Waals surface area (Å²) in [6, 6.07) is 11.1. The third-order valence-corrected chi connectivity index (χ3v) is 5.28. The first-order chi connectivity index (χ1) is 15.5. The minimum atomic E-state index is -4.35. The quantitative estimate of drug-likeness (QED) is 0.479. The Bertz CT molecular complexity index is 837. The Hall–Kier alpha value is -2.65. The van der Waals surface area contributed by atoms with Crippen molar-refractivity contribution in [2.45, 2.75) is 25.6 Å². The summed E-state index contributed by atoms with van der Waals surface area (Å²) in [6.07, 6.45) is -1.82. The number of halogens is 3. The lowest BCUT2D eigenvalue weighted by Crippen LogP contribution is -2.42. The lowest BCUT2D eigenvalue weighted by Gasteiger charge is -2.34. The summed E-state index contributed by atoms with van der Waals surface area (Å²) in [4.78, 5) is 11.3. The number of nitrogens with zero attached hydrogens (tertiary/aromatic N) is 3. The Morgan fingerprint density at radius 3 is 2.50 bits per heavy atom. The Morgan fingerprint density at radius 1 is 1.12 bits per heavy atom. The number of hydrogen-bond acceptors (Lipinski definition) is 4. The fourth-order valence-electron chi connectivity index (χ4n) is 3.59. The highest BCUT2D eigenvalue weighted by molar-refractivity contribution is 5.79. The van der Waals surface area contributed by atoms with E-state index in [1.807, 2.05) is 25.1 Å². The standard InChI is InChI=1S/C23H30F3N5O/c1-2-27-22(29-12-10-20-5-3-4-11-28-20)30-17-21(31-13-15-32-16-14-31)18-6-8-19(9-7-18)23(24,25)26/h3-9,11,21H,2,10,12-17H2,1H3,(H2,27,29,30). The van der Waals surface area contributed by atoms with E-state index in [-0.39, 0.29) is 6.04 Å². The molecule has 2 heterocycles. The van der Waals surface area contributed by atoms with Gasteiger partial charge < -0.3 is 15.4 Å². The van der Waals surface area contributed by atoms with E-state index >= 15 is 0 Å². The average molecular weight is 450 g/mol. The van der Waals surface area contributed by atoms with Gasteiger partial charge in [-0.25, -0.2) is 0 Å². The molecule has 174 valence electrons. The summed E-state index contributed by atoms with van der Waals surface area (Å²) in [6.45, 7) is 6.42. The van der Waals surface area contributed by atoms with Gasteiger partial charge in [-0.2, -0.15) is 13.2 Å². The number of aliphatic imine (C=N–C) groups is 1. The number of pyridine rings is 1. The van der Waals surface area contributed by atoms with Gasteiger partial charge in [0.1, 0.15) is 0 Å². The number of hydrogen-bond donors (Lipinski definition) is 2. The SMILES string of the molecule is CCNC(=NCC(c1ccc(C(F)(F)F)cc1)N1CCOCC1)NCCc1ccccn1. The molecule has 0 amide bonds. The van der Waals surface area contributed by atoms with Gasteiger partial charge in [-0.3, -0.25) is 14.9 Å². The van der Waals surface area contributed by atoms with Crippen molar-refractivity contribution in [1.82, 2.24) is 20.5 Å². The molecule has 1 unspecified atom stereocenters. The fourth-order valence-corrected chi connectivity index (χ4v) is 3.59. The molecule has 1 fully saturated rings. The molecular weight excluding hydrogens is 419 g/mol. The van der Waals surface area contributed by atoms with Gasteiger partial charge >= 0.3 is 6.18 Å². The number of benzene rings is 1. The molecule has 6 nitrogen and oxygen atoms in total. The molecule has 0 radical (unpaired) electrons. The molecule has 0 bridgehead atoms. The smallest absolute Gasteiger partial charge is 0.379 e. The van der Waals surface area contributed by atoms with Crippen molar-refractivity contribution in [2.75, 3.05) is 45.9 Å².